The molecule has 2 rings (SSSR count). The van der Waals surface area contributed by atoms with E-state index in [9.17, 15) is 4.79 Å². The summed E-state index contributed by atoms with van der Waals surface area (Å²) in [6, 6.07) is 0. The molecule has 74 valence electrons. The number of aromatic nitrogens is 2. The van der Waals surface area contributed by atoms with Gasteiger partial charge < -0.3 is 11.1 Å². The predicted molar refractivity (Wildman–Crippen MR) is 49.3 cm³/mol. The Labute approximate surface area is 80.1 Å². The van der Waals surface area contributed by atoms with Gasteiger partial charge in [-0.25, -0.2) is 4.63 Å². The van der Waals surface area contributed by atoms with Crippen LogP contribution in [0, 0.1) is 0 Å². The Hall–Kier alpha value is -1.85. The zero-order valence-electron chi connectivity index (χ0n) is 7.49. The number of nitrogens with two attached hydrogens (primary N) is 1. The molecule has 0 saturated carbocycles. The maximum Gasteiger partial charge on any atom is 0.219 e. The first-order chi connectivity index (χ1) is 6.75. The SMILES string of the molecule is Nc1nonc1NC1=CC(=O)CCC1. The average molecular weight is 194 g/mol. The summed E-state index contributed by atoms with van der Waals surface area (Å²) in [7, 11) is 0. The first-order valence-corrected chi connectivity index (χ1v) is 4.34. The molecule has 1 aliphatic carbocycles. The lowest BCUT2D eigenvalue weighted by Crippen LogP contribution is -2.10. The largest absolute Gasteiger partial charge is 0.378 e. The van der Waals surface area contributed by atoms with Gasteiger partial charge in [0.15, 0.2) is 5.78 Å². The van der Waals surface area contributed by atoms with Gasteiger partial charge in [-0.3, -0.25) is 4.79 Å². The first-order valence-electron chi connectivity index (χ1n) is 4.34. The Morgan fingerprint density at radius 3 is 2.93 bits per heavy atom. The van der Waals surface area contributed by atoms with E-state index in [-0.39, 0.29) is 11.6 Å². The number of ketones is 1. The fourth-order valence-electron chi connectivity index (χ4n) is 1.32. The van der Waals surface area contributed by atoms with Crippen LogP contribution in [0.1, 0.15) is 19.3 Å². The van der Waals surface area contributed by atoms with Gasteiger partial charge in [-0.15, -0.1) is 0 Å². The minimum absolute atomic E-state index is 0.119. The summed E-state index contributed by atoms with van der Waals surface area (Å²) in [6.07, 6.45) is 3.84. The summed E-state index contributed by atoms with van der Waals surface area (Å²) < 4.78 is 4.41. The van der Waals surface area contributed by atoms with Crippen molar-refractivity contribution in [2.75, 3.05) is 11.1 Å². The smallest absolute Gasteiger partial charge is 0.219 e. The maximum atomic E-state index is 11.1. The van der Waals surface area contributed by atoms with Crippen LogP contribution in [0.2, 0.25) is 0 Å². The topological polar surface area (TPSA) is 94.0 Å². The molecule has 0 spiro atoms. The second-order valence-electron chi connectivity index (χ2n) is 3.11. The van der Waals surface area contributed by atoms with Gasteiger partial charge in [-0.1, -0.05) is 0 Å². The van der Waals surface area contributed by atoms with Crippen molar-refractivity contribution in [2.45, 2.75) is 19.3 Å². The molecule has 1 aliphatic rings. The molecule has 1 aromatic heterocycles. The normalized spacial score (nSPS) is 16.6. The van der Waals surface area contributed by atoms with Crippen molar-refractivity contribution in [1.82, 2.24) is 10.3 Å². The third-order valence-corrected chi connectivity index (χ3v) is 2.00. The van der Waals surface area contributed by atoms with Gasteiger partial charge in [0.05, 0.1) is 0 Å². The number of carbonyl (C=O) groups is 1. The molecule has 0 unspecified atom stereocenters. The fourth-order valence-corrected chi connectivity index (χ4v) is 1.32. The van der Waals surface area contributed by atoms with Crippen molar-refractivity contribution < 1.29 is 9.42 Å². The number of hydrogen-bond donors (Lipinski definition) is 2. The molecule has 1 heterocycles. The highest BCUT2D eigenvalue weighted by Crippen LogP contribution is 2.19. The minimum Gasteiger partial charge on any atom is -0.378 e. The van der Waals surface area contributed by atoms with Crippen LogP contribution >= 0.6 is 0 Å². The maximum absolute atomic E-state index is 11.1. The van der Waals surface area contributed by atoms with Crippen molar-refractivity contribution in [1.29, 1.82) is 0 Å². The van der Waals surface area contributed by atoms with Gasteiger partial charge in [0.1, 0.15) is 0 Å². The van der Waals surface area contributed by atoms with E-state index in [0.29, 0.717) is 12.2 Å². The van der Waals surface area contributed by atoms with Gasteiger partial charge in [-0.2, -0.15) is 0 Å². The third kappa shape index (κ3) is 1.73. The molecular weight excluding hydrogens is 184 g/mol. The van der Waals surface area contributed by atoms with Crippen molar-refractivity contribution in [3.05, 3.63) is 11.8 Å². The molecule has 0 amide bonds. The van der Waals surface area contributed by atoms with E-state index >= 15 is 0 Å². The number of nitrogens with one attached hydrogen (secondary N) is 1. The second kappa shape index (κ2) is 3.49. The van der Waals surface area contributed by atoms with E-state index < -0.39 is 0 Å². The number of nitrogens with zero attached hydrogens (tertiary/aromatic N) is 2. The molecule has 0 atom stereocenters. The van der Waals surface area contributed by atoms with Gasteiger partial charge >= 0.3 is 0 Å². The monoisotopic (exact) mass is 194 g/mol. The fraction of sp³-hybridized carbons (Fsp3) is 0.375. The van der Waals surface area contributed by atoms with Crippen LogP contribution in [-0.2, 0) is 4.79 Å². The molecule has 3 N–H and O–H groups in total. The summed E-state index contributed by atoms with van der Waals surface area (Å²) in [5.74, 6) is 0.684. The van der Waals surface area contributed by atoms with Gasteiger partial charge in [-0.05, 0) is 23.2 Å². The number of hydrogen-bond acceptors (Lipinski definition) is 6. The molecule has 14 heavy (non-hydrogen) atoms. The molecule has 0 aliphatic heterocycles. The number of allylic oxidation sites excluding steroid dienone is 2. The summed E-state index contributed by atoms with van der Waals surface area (Å²) in [4.78, 5) is 11.1. The average Bonchev–Trinajstić information content (AvgIpc) is 2.52. The number of anilines is 2. The lowest BCUT2D eigenvalue weighted by molar-refractivity contribution is -0.115. The van der Waals surface area contributed by atoms with Crippen molar-refractivity contribution in [3.63, 3.8) is 0 Å². The summed E-state index contributed by atoms with van der Waals surface area (Å²) in [6.45, 7) is 0. The summed E-state index contributed by atoms with van der Waals surface area (Å²) >= 11 is 0. The molecular formula is C8H10N4O2. The number of rotatable bonds is 2. The summed E-state index contributed by atoms with van der Waals surface area (Å²) in [5.41, 5.74) is 6.26. The first kappa shape index (κ1) is 8.74. The highest BCUT2D eigenvalue weighted by molar-refractivity contribution is 5.91. The van der Waals surface area contributed by atoms with Crippen LogP contribution in [0.4, 0.5) is 11.6 Å². The van der Waals surface area contributed by atoms with Crippen LogP contribution in [0.3, 0.4) is 0 Å². The molecule has 0 saturated heterocycles. The van der Waals surface area contributed by atoms with Crippen LogP contribution < -0.4 is 11.1 Å². The van der Waals surface area contributed by atoms with E-state index in [0.717, 1.165) is 18.5 Å². The Kier molecular flexibility index (Phi) is 2.18. The van der Waals surface area contributed by atoms with Crippen molar-refractivity contribution >= 4 is 17.4 Å². The molecule has 0 aromatic carbocycles. The van der Waals surface area contributed by atoms with Gasteiger partial charge in [0, 0.05) is 18.2 Å². The Morgan fingerprint density at radius 2 is 2.29 bits per heavy atom. The van der Waals surface area contributed by atoms with E-state index in [1.165, 1.54) is 0 Å². The minimum atomic E-state index is 0.119. The number of carbonyl (C=O) groups excluding carboxylic acids is 1. The van der Waals surface area contributed by atoms with E-state index in [1.54, 1.807) is 6.08 Å². The van der Waals surface area contributed by atoms with E-state index in [1.807, 2.05) is 0 Å². The van der Waals surface area contributed by atoms with Crippen LogP contribution in [-0.4, -0.2) is 16.1 Å². The molecule has 6 nitrogen and oxygen atoms in total. The Morgan fingerprint density at radius 1 is 1.43 bits per heavy atom. The van der Waals surface area contributed by atoms with Crippen LogP contribution in [0.5, 0.6) is 0 Å². The van der Waals surface area contributed by atoms with Crippen LogP contribution in [0.15, 0.2) is 16.4 Å². The number of nitrogen functional groups attached to an aromatic ring is 1. The molecule has 1 aromatic rings. The van der Waals surface area contributed by atoms with Gasteiger partial charge in [0.25, 0.3) is 0 Å². The zero-order chi connectivity index (χ0) is 9.97. The molecule has 0 fully saturated rings. The lowest BCUT2D eigenvalue weighted by Gasteiger charge is -2.11. The van der Waals surface area contributed by atoms with Crippen LogP contribution in [0.25, 0.3) is 0 Å². The molecule has 0 radical (unpaired) electrons. The highest BCUT2D eigenvalue weighted by atomic mass is 16.6. The predicted octanol–water partition coefficient (Wildman–Crippen LogP) is 0.701. The highest BCUT2D eigenvalue weighted by Gasteiger charge is 2.13. The van der Waals surface area contributed by atoms with Crippen molar-refractivity contribution in [2.24, 2.45) is 0 Å². The van der Waals surface area contributed by atoms with Gasteiger partial charge in [0.2, 0.25) is 11.6 Å². The zero-order valence-corrected chi connectivity index (χ0v) is 7.49. The Balaban J connectivity index is 2.11. The van der Waals surface area contributed by atoms with E-state index in [4.69, 9.17) is 5.73 Å². The van der Waals surface area contributed by atoms with E-state index in [2.05, 4.69) is 20.3 Å². The Bertz CT molecular complexity index is 382. The molecule has 6 heteroatoms. The molecule has 0 bridgehead atoms. The second-order valence-corrected chi connectivity index (χ2v) is 3.11. The lowest BCUT2D eigenvalue weighted by atomic mass is 10.0. The quantitative estimate of drug-likeness (QED) is 0.719. The summed E-state index contributed by atoms with van der Waals surface area (Å²) in [5, 5.41) is 9.89. The standard InChI is InChI=1S/C8H10N4O2/c9-7-8(12-14-11-7)10-5-2-1-3-6(13)4-5/h4H,1-3H2,(H2,9,11)(H,10,12). The van der Waals surface area contributed by atoms with Crippen molar-refractivity contribution in [3.8, 4) is 0 Å². The third-order valence-electron chi connectivity index (χ3n) is 2.00.